The van der Waals surface area contributed by atoms with E-state index in [4.69, 9.17) is 9.66 Å². The predicted molar refractivity (Wildman–Crippen MR) is 93.4 cm³/mol. The first kappa shape index (κ1) is 23.5. The molecular weight excluding hydrogens is 348 g/mol. The third-order valence-corrected chi connectivity index (χ3v) is 4.11. The summed E-state index contributed by atoms with van der Waals surface area (Å²) in [6, 6.07) is 7.42. The molecule has 1 aromatic carbocycles. The van der Waals surface area contributed by atoms with E-state index in [9.17, 15) is 18.3 Å². The Morgan fingerprint density at radius 1 is 1.08 bits per heavy atom. The van der Waals surface area contributed by atoms with Gasteiger partial charge in [-0.2, -0.15) is 8.42 Å². The van der Waals surface area contributed by atoms with Crippen molar-refractivity contribution in [1.82, 2.24) is 0 Å². The normalized spacial score (nSPS) is 12.0. The van der Waals surface area contributed by atoms with E-state index in [2.05, 4.69) is 11.7 Å². The summed E-state index contributed by atoms with van der Waals surface area (Å²) in [5.41, 5.74) is 0. The van der Waals surface area contributed by atoms with Crippen LogP contribution in [-0.2, 0) is 19.6 Å². The highest BCUT2D eigenvalue weighted by atomic mass is 32.2. The molecule has 0 aromatic heterocycles. The smallest absolute Gasteiger partial charge is 0.334 e. The third kappa shape index (κ3) is 13.5. The zero-order chi connectivity index (χ0) is 19.1. The first-order valence-electron chi connectivity index (χ1n) is 8.32. The number of esters is 1. The highest BCUT2D eigenvalue weighted by molar-refractivity contribution is 7.85. The van der Waals surface area contributed by atoms with E-state index in [1.54, 1.807) is 18.2 Å². The van der Waals surface area contributed by atoms with Crippen molar-refractivity contribution in [2.75, 3.05) is 6.61 Å². The standard InChI is InChI=1S/C11H22O4.C6H6O3S/c1-2-3-4-5-6-7-8-10(13)15-11(14)9-12;7-10(8,9)6-4-2-1-3-5-6/h10,12-13H,2-9H2,1H3;1-5H,(H,7,8,9). The van der Waals surface area contributed by atoms with Gasteiger partial charge in [-0.05, 0) is 18.6 Å². The highest BCUT2D eigenvalue weighted by Crippen LogP contribution is 2.09. The van der Waals surface area contributed by atoms with Crippen LogP contribution in [0.15, 0.2) is 35.2 Å². The van der Waals surface area contributed by atoms with Crippen LogP contribution in [0.4, 0.5) is 0 Å². The minimum Gasteiger partial charge on any atom is -0.434 e. The van der Waals surface area contributed by atoms with Gasteiger partial charge in [0.2, 0.25) is 6.29 Å². The molecule has 0 heterocycles. The number of carbonyl (C=O) groups is 1. The summed E-state index contributed by atoms with van der Waals surface area (Å²) in [5.74, 6) is -0.770. The predicted octanol–water partition coefficient (Wildman–Crippen LogP) is 2.52. The Kier molecular flexibility index (Phi) is 13.0. The van der Waals surface area contributed by atoms with Crippen LogP contribution in [-0.4, -0.2) is 42.0 Å². The van der Waals surface area contributed by atoms with Crippen molar-refractivity contribution >= 4 is 16.1 Å². The van der Waals surface area contributed by atoms with Gasteiger partial charge in [0.05, 0.1) is 4.90 Å². The molecule has 0 aliphatic heterocycles. The van der Waals surface area contributed by atoms with Gasteiger partial charge < -0.3 is 14.9 Å². The van der Waals surface area contributed by atoms with E-state index >= 15 is 0 Å². The highest BCUT2D eigenvalue weighted by Gasteiger charge is 2.09. The van der Waals surface area contributed by atoms with Crippen LogP contribution in [0.25, 0.3) is 0 Å². The van der Waals surface area contributed by atoms with Gasteiger partial charge in [0.15, 0.2) is 0 Å². The number of unbranched alkanes of at least 4 members (excludes halogenated alkanes) is 5. The Balaban J connectivity index is 0.000000496. The molecule has 0 aliphatic rings. The lowest BCUT2D eigenvalue weighted by atomic mass is 10.1. The molecule has 0 radical (unpaired) electrons. The Morgan fingerprint density at radius 3 is 2.12 bits per heavy atom. The molecule has 0 fully saturated rings. The maximum Gasteiger partial charge on any atom is 0.334 e. The molecular formula is C17H28O7S. The van der Waals surface area contributed by atoms with Crippen LogP contribution < -0.4 is 0 Å². The number of carbonyl (C=O) groups excluding carboxylic acids is 1. The molecule has 1 atom stereocenters. The molecule has 0 saturated heterocycles. The van der Waals surface area contributed by atoms with Gasteiger partial charge in [-0.1, -0.05) is 57.2 Å². The number of hydrogen-bond acceptors (Lipinski definition) is 6. The fourth-order valence-corrected chi connectivity index (χ4v) is 2.44. The Bertz CT molecular complexity index is 558. The molecule has 0 bridgehead atoms. The molecule has 0 spiro atoms. The van der Waals surface area contributed by atoms with Gasteiger partial charge in [0.25, 0.3) is 10.1 Å². The van der Waals surface area contributed by atoms with Gasteiger partial charge in [-0.25, -0.2) is 4.79 Å². The fraction of sp³-hybridized carbons (Fsp3) is 0.588. The number of aliphatic hydroxyl groups is 2. The molecule has 0 saturated carbocycles. The quantitative estimate of drug-likeness (QED) is 0.248. The van der Waals surface area contributed by atoms with E-state index in [0.717, 1.165) is 19.3 Å². The van der Waals surface area contributed by atoms with Gasteiger partial charge >= 0.3 is 5.97 Å². The van der Waals surface area contributed by atoms with Crippen LogP contribution in [0.1, 0.15) is 51.9 Å². The number of rotatable bonds is 10. The van der Waals surface area contributed by atoms with Crippen molar-refractivity contribution < 1.29 is 32.7 Å². The summed E-state index contributed by atoms with van der Waals surface area (Å²) in [4.78, 5) is 10.5. The van der Waals surface area contributed by atoms with Gasteiger partial charge in [-0.15, -0.1) is 0 Å². The molecule has 3 N–H and O–H groups in total. The lowest BCUT2D eigenvalue weighted by molar-refractivity contribution is -0.171. The zero-order valence-electron chi connectivity index (χ0n) is 14.5. The molecule has 0 aliphatic carbocycles. The van der Waals surface area contributed by atoms with Crippen molar-refractivity contribution in [3.8, 4) is 0 Å². The second-order valence-corrected chi connectivity index (χ2v) is 6.87. The van der Waals surface area contributed by atoms with Gasteiger partial charge in [0, 0.05) is 6.42 Å². The topological polar surface area (TPSA) is 121 Å². The van der Waals surface area contributed by atoms with Crippen LogP contribution in [0.2, 0.25) is 0 Å². The maximum atomic E-state index is 10.6. The van der Waals surface area contributed by atoms with Crippen LogP contribution in [0.3, 0.4) is 0 Å². The van der Waals surface area contributed by atoms with Gasteiger partial charge in [-0.3, -0.25) is 4.55 Å². The van der Waals surface area contributed by atoms with Gasteiger partial charge in [0.1, 0.15) is 6.61 Å². The molecule has 25 heavy (non-hydrogen) atoms. The summed E-state index contributed by atoms with van der Waals surface area (Å²) >= 11 is 0. The average molecular weight is 376 g/mol. The lowest BCUT2D eigenvalue weighted by Crippen LogP contribution is -2.19. The molecule has 1 unspecified atom stereocenters. The second kappa shape index (κ2) is 13.8. The third-order valence-electron chi connectivity index (χ3n) is 3.24. The SMILES string of the molecule is CCCCCCCCC(O)OC(=O)CO.O=S(=O)(O)c1ccccc1. The molecule has 8 heteroatoms. The van der Waals surface area contributed by atoms with Crippen LogP contribution in [0, 0.1) is 0 Å². The molecule has 1 aromatic rings. The lowest BCUT2D eigenvalue weighted by Gasteiger charge is -2.10. The summed E-state index contributed by atoms with van der Waals surface area (Å²) in [6.07, 6.45) is 6.15. The van der Waals surface area contributed by atoms with Crippen molar-refractivity contribution in [2.24, 2.45) is 0 Å². The van der Waals surface area contributed by atoms with Crippen molar-refractivity contribution in [2.45, 2.75) is 63.1 Å². The molecule has 7 nitrogen and oxygen atoms in total. The fourth-order valence-electron chi connectivity index (χ4n) is 1.94. The molecule has 1 rings (SSSR count). The first-order valence-corrected chi connectivity index (χ1v) is 9.76. The summed E-state index contributed by atoms with van der Waals surface area (Å²) < 4.78 is 33.7. The summed E-state index contributed by atoms with van der Waals surface area (Å²) in [7, 11) is -4.00. The summed E-state index contributed by atoms with van der Waals surface area (Å²) in [6.45, 7) is 1.49. The van der Waals surface area contributed by atoms with Crippen LogP contribution >= 0.6 is 0 Å². The van der Waals surface area contributed by atoms with E-state index in [1.165, 1.54) is 31.4 Å². The number of hydrogen-bond donors (Lipinski definition) is 3. The second-order valence-electron chi connectivity index (χ2n) is 5.45. The van der Waals surface area contributed by atoms with Crippen molar-refractivity contribution in [1.29, 1.82) is 0 Å². The largest absolute Gasteiger partial charge is 0.434 e. The van der Waals surface area contributed by atoms with E-state index < -0.39 is 29.0 Å². The number of aliphatic hydroxyl groups excluding tert-OH is 2. The number of ether oxygens (including phenoxy) is 1. The Labute approximate surface area is 149 Å². The molecule has 0 amide bonds. The van der Waals surface area contributed by atoms with E-state index in [1.807, 2.05) is 0 Å². The minimum absolute atomic E-state index is 0.0741. The first-order chi connectivity index (χ1) is 11.8. The van der Waals surface area contributed by atoms with E-state index in [0.29, 0.717) is 6.42 Å². The van der Waals surface area contributed by atoms with Crippen LogP contribution in [0.5, 0.6) is 0 Å². The monoisotopic (exact) mass is 376 g/mol. The number of benzene rings is 1. The van der Waals surface area contributed by atoms with E-state index in [-0.39, 0.29) is 4.90 Å². The average Bonchev–Trinajstić information content (AvgIpc) is 2.58. The minimum atomic E-state index is -4.00. The zero-order valence-corrected chi connectivity index (χ0v) is 15.3. The van der Waals surface area contributed by atoms with Crippen molar-refractivity contribution in [3.05, 3.63) is 30.3 Å². The maximum absolute atomic E-state index is 10.6. The molecule has 144 valence electrons. The Hall–Kier alpha value is -1.48. The summed E-state index contributed by atoms with van der Waals surface area (Å²) in [5, 5.41) is 17.6. The Morgan fingerprint density at radius 2 is 1.64 bits per heavy atom. The van der Waals surface area contributed by atoms with Crippen molar-refractivity contribution in [3.63, 3.8) is 0 Å².